The van der Waals surface area contributed by atoms with E-state index >= 15 is 0 Å². The van der Waals surface area contributed by atoms with Crippen molar-refractivity contribution in [1.29, 1.82) is 0 Å². The minimum absolute atomic E-state index is 0.299. The number of aromatic nitrogens is 1. The number of carbonyl (C=O) groups excluding carboxylic acids is 1. The maximum atomic E-state index is 12.3. The summed E-state index contributed by atoms with van der Waals surface area (Å²) in [5, 5.41) is 0. The number of thiophene rings is 1. The lowest BCUT2D eigenvalue weighted by molar-refractivity contribution is 0.100. The zero-order valence-electron chi connectivity index (χ0n) is 11.7. The monoisotopic (exact) mass is 346 g/mol. The van der Waals surface area contributed by atoms with Gasteiger partial charge in [-0.25, -0.2) is 0 Å². The normalized spacial score (nSPS) is 11.8. The molecule has 0 fully saturated rings. The third kappa shape index (κ3) is 2.73. The molecule has 0 atom stereocenters. The number of carbonyl (C=O) groups is 1. The Labute approximate surface area is 140 Å². The van der Waals surface area contributed by atoms with Gasteiger partial charge in [-0.15, -0.1) is 17.8 Å². The van der Waals surface area contributed by atoms with Crippen molar-refractivity contribution in [2.75, 3.05) is 0 Å². The van der Waals surface area contributed by atoms with Crippen molar-refractivity contribution in [2.45, 2.75) is 13.5 Å². The van der Waals surface area contributed by atoms with Crippen LogP contribution < -0.4 is 4.80 Å². The van der Waals surface area contributed by atoms with Crippen molar-refractivity contribution in [3.63, 3.8) is 0 Å². The van der Waals surface area contributed by atoms with Gasteiger partial charge in [0.1, 0.15) is 0 Å². The third-order valence-electron chi connectivity index (χ3n) is 3.13. The average molecular weight is 347 g/mol. The van der Waals surface area contributed by atoms with Crippen molar-refractivity contribution in [3.8, 4) is 12.3 Å². The van der Waals surface area contributed by atoms with Crippen molar-refractivity contribution in [1.82, 2.24) is 4.57 Å². The van der Waals surface area contributed by atoms with E-state index in [-0.39, 0.29) is 5.91 Å². The van der Waals surface area contributed by atoms with Crippen LogP contribution in [-0.2, 0) is 6.54 Å². The van der Waals surface area contributed by atoms with Gasteiger partial charge in [0.2, 0.25) is 0 Å². The van der Waals surface area contributed by atoms with Gasteiger partial charge in [-0.3, -0.25) is 4.79 Å². The fourth-order valence-electron chi connectivity index (χ4n) is 2.20. The van der Waals surface area contributed by atoms with E-state index < -0.39 is 0 Å². The second-order valence-corrected chi connectivity index (χ2v) is 7.34. The van der Waals surface area contributed by atoms with E-state index in [1.165, 1.54) is 22.7 Å². The molecule has 6 heteroatoms. The van der Waals surface area contributed by atoms with Gasteiger partial charge in [-0.1, -0.05) is 41.0 Å². The molecular weight excluding hydrogens is 336 g/mol. The van der Waals surface area contributed by atoms with Crippen LogP contribution in [0, 0.1) is 19.3 Å². The number of para-hydroxylation sites is 1. The second-order valence-electron chi connectivity index (χ2n) is 4.62. The Morgan fingerprint density at radius 3 is 2.86 bits per heavy atom. The van der Waals surface area contributed by atoms with Crippen molar-refractivity contribution < 1.29 is 4.79 Å². The van der Waals surface area contributed by atoms with E-state index in [1.54, 1.807) is 12.1 Å². The highest BCUT2D eigenvalue weighted by Gasteiger charge is 2.11. The summed E-state index contributed by atoms with van der Waals surface area (Å²) in [5.74, 6) is 2.33. The fourth-order valence-corrected chi connectivity index (χ4v) is 4.24. The van der Waals surface area contributed by atoms with E-state index in [2.05, 4.69) is 10.9 Å². The molecule has 1 amide bonds. The number of rotatable bonds is 2. The summed E-state index contributed by atoms with van der Waals surface area (Å²) in [6.45, 7) is 2.40. The standard InChI is InChI=1S/C16H11ClN2OS2/c1-3-9-19-14-10(2)5-4-6-11(14)22-16(19)18-15(20)12-7-8-13(17)21-12/h1,4-8H,9H2,2H3. The summed E-state index contributed by atoms with van der Waals surface area (Å²) in [7, 11) is 0. The number of thiazole rings is 1. The number of aryl methyl sites for hydroxylation is 1. The molecule has 110 valence electrons. The summed E-state index contributed by atoms with van der Waals surface area (Å²) in [6, 6.07) is 9.39. The number of hydrogen-bond acceptors (Lipinski definition) is 3. The molecular formula is C16H11ClN2OS2. The van der Waals surface area contributed by atoms with Gasteiger partial charge in [0.25, 0.3) is 5.91 Å². The first-order valence-corrected chi connectivity index (χ1v) is 8.48. The fraction of sp³-hybridized carbons (Fsp3) is 0.125. The Kier molecular flexibility index (Phi) is 4.16. The topological polar surface area (TPSA) is 34.4 Å². The number of amides is 1. The Morgan fingerprint density at radius 1 is 1.36 bits per heavy atom. The van der Waals surface area contributed by atoms with Gasteiger partial charge in [0, 0.05) is 0 Å². The number of terminal acetylenes is 1. The molecule has 0 N–H and O–H groups in total. The minimum Gasteiger partial charge on any atom is -0.304 e. The van der Waals surface area contributed by atoms with Gasteiger partial charge in [0.15, 0.2) is 4.80 Å². The molecule has 0 unspecified atom stereocenters. The van der Waals surface area contributed by atoms with E-state index in [9.17, 15) is 4.79 Å². The van der Waals surface area contributed by atoms with Crippen LogP contribution in [0.2, 0.25) is 4.34 Å². The summed E-state index contributed by atoms with van der Waals surface area (Å²) in [5.41, 5.74) is 2.14. The van der Waals surface area contributed by atoms with Crippen LogP contribution >= 0.6 is 34.3 Å². The van der Waals surface area contributed by atoms with Crippen LogP contribution in [0.15, 0.2) is 35.3 Å². The maximum Gasteiger partial charge on any atom is 0.289 e. The Bertz CT molecular complexity index is 972. The summed E-state index contributed by atoms with van der Waals surface area (Å²) in [6.07, 6.45) is 5.47. The SMILES string of the molecule is C#CCn1c(=NC(=O)c2ccc(Cl)s2)sc2cccc(C)c21. The van der Waals surface area contributed by atoms with E-state index in [4.69, 9.17) is 18.0 Å². The molecule has 0 spiro atoms. The zero-order chi connectivity index (χ0) is 15.7. The minimum atomic E-state index is -0.299. The van der Waals surface area contributed by atoms with Gasteiger partial charge in [-0.05, 0) is 30.7 Å². The van der Waals surface area contributed by atoms with Crippen LogP contribution in [-0.4, -0.2) is 10.5 Å². The van der Waals surface area contributed by atoms with Gasteiger partial charge in [0.05, 0.1) is 26.0 Å². The largest absolute Gasteiger partial charge is 0.304 e. The number of benzene rings is 1. The number of hydrogen-bond donors (Lipinski definition) is 0. The zero-order valence-corrected chi connectivity index (χ0v) is 14.1. The van der Waals surface area contributed by atoms with E-state index in [0.717, 1.165) is 15.8 Å². The Hall–Kier alpha value is -1.87. The lowest BCUT2D eigenvalue weighted by atomic mass is 10.2. The van der Waals surface area contributed by atoms with Crippen LogP contribution in [0.4, 0.5) is 0 Å². The first-order chi connectivity index (χ1) is 10.6. The molecule has 3 rings (SSSR count). The smallest absolute Gasteiger partial charge is 0.289 e. The van der Waals surface area contributed by atoms with Gasteiger partial charge >= 0.3 is 0 Å². The molecule has 0 radical (unpaired) electrons. The number of fused-ring (bicyclic) bond motifs is 1. The highest BCUT2D eigenvalue weighted by Crippen LogP contribution is 2.23. The molecule has 2 heterocycles. The van der Waals surface area contributed by atoms with Gasteiger partial charge in [-0.2, -0.15) is 4.99 Å². The molecule has 1 aromatic carbocycles. The van der Waals surface area contributed by atoms with E-state index in [0.29, 0.717) is 20.6 Å². The molecule has 0 aliphatic rings. The Morgan fingerprint density at radius 2 is 2.18 bits per heavy atom. The molecule has 0 saturated heterocycles. The quantitative estimate of drug-likeness (QED) is 0.643. The molecule has 3 nitrogen and oxygen atoms in total. The predicted octanol–water partition coefficient (Wildman–Crippen LogP) is 4.10. The lowest BCUT2D eigenvalue weighted by Gasteiger charge is -2.02. The van der Waals surface area contributed by atoms with Crippen LogP contribution in [0.25, 0.3) is 10.2 Å². The van der Waals surface area contributed by atoms with Crippen molar-refractivity contribution >= 4 is 50.4 Å². The van der Waals surface area contributed by atoms with Crippen LogP contribution in [0.1, 0.15) is 15.2 Å². The second kappa shape index (κ2) is 6.09. The maximum absolute atomic E-state index is 12.3. The van der Waals surface area contributed by atoms with Crippen LogP contribution in [0.3, 0.4) is 0 Å². The summed E-state index contributed by atoms with van der Waals surface area (Å²) in [4.78, 5) is 17.6. The molecule has 0 saturated carbocycles. The molecule has 2 aromatic heterocycles. The third-order valence-corrected chi connectivity index (χ3v) is 5.40. The van der Waals surface area contributed by atoms with Crippen molar-refractivity contribution in [2.24, 2.45) is 4.99 Å². The van der Waals surface area contributed by atoms with Gasteiger partial charge < -0.3 is 4.57 Å². The van der Waals surface area contributed by atoms with E-state index in [1.807, 2.05) is 29.7 Å². The molecule has 3 aromatic rings. The first kappa shape index (κ1) is 15.0. The summed E-state index contributed by atoms with van der Waals surface area (Å²) < 4.78 is 3.54. The Balaban J connectivity index is 2.20. The predicted molar refractivity (Wildman–Crippen MR) is 92.6 cm³/mol. The first-order valence-electron chi connectivity index (χ1n) is 6.47. The summed E-state index contributed by atoms with van der Waals surface area (Å²) >= 11 is 8.55. The van der Waals surface area contributed by atoms with Crippen LogP contribution in [0.5, 0.6) is 0 Å². The molecule has 22 heavy (non-hydrogen) atoms. The lowest BCUT2D eigenvalue weighted by Crippen LogP contribution is -2.16. The van der Waals surface area contributed by atoms with Crippen molar-refractivity contribution in [3.05, 3.63) is 49.9 Å². The number of nitrogens with zero attached hydrogens (tertiary/aromatic N) is 2. The highest BCUT2D eigenvalue weighted by atomic mass is 35.5. The molecule has 0 aliphatic carbocycles. The number of halogens is 1. The average Bonchev–Trinajstić information content (AvgIpc) is 3.05. The molecule has 0 aliphatic heterocycles. The highest BCUT2D eigenvalue weighted by molar-refractivity contribution is 7.18. The molecule has 0 bridgehead atoms.